The third kappa shape index (κ3) is 4.46. The number of urea groups is 1. The number of amides is 2. The molecule has 1 aromatic carbocycles. The van der Waals surface area contributed by atoms with Crippen LogP contribution in [0.2, 0.25) is 0 Å². The molecule has 0 bridgehead atoms. The highest BCUT2D eigenvalue weighted by atomic mass is 16.4. The molecule has 2 amide bonds. The molecular weight excluding hydrogens is 260 g/mol. The third-order valence-electron chi connectivity index (χ3n) is 2.89. The molecule has 6 heteroatoms. The summed E-state index contributed by atoms with van der Waals surface area (Å²) in [5.74, 6) is -0.779. The quantitative estimate of drug-likeness (QED) is 0.696. The van der Waals surface area contributed by atoms with Crippen LogP contribution in [-0.2, 0) is 4.79 Å². The van der Waals surface area contributed by atoms with Gasteiger partial charge in [-0.1, -0.05) is 6.07 Å². The highest BCUT2D eigenvalue weighted by molar-refractivity contribution is 5.92. The summed E-state index contributed by atoms with van der Waals surface area (Å²) < 4.78 is 0. The zero-order valence-electron chi connectivity index (χ0n) is 11.7. The van der Waals surface area contributed by atoms with Crippen LogP contribution in [0.25, 0.3) is 0 Å². The predicted octanol–water partition coefficient (Wildman–Crippen LogP) is 2.10. The number of carbonyl (C=O) groups excluding carboxylic acids is 1. The van der Waals surface area contributed by atoms with E-state index in [1.165, 1.54) is 11.0 Å². The Morgan fingerprint density at radius 2 is 2.05 bits per heavy atom. The highest BCUT2D eigenvalue weighted by Gasteiger charge is 2.15. The Morgan fingerprint density at radius 1 is 1.35 bits per heavy atom. The Morgan fingerprint density at radius 3 is 2.65 bits per heavy atom. The summed E-state index contributed by atoms with van der Waals surface area (Å²) in [6.07, 6.45) is 0.412. The number of carbonyl (C=O) groups is 2. The van der Waals surface area contributed by atoms with E-state index in [1.807, 2.05) is 13.8 Å². The zero-order chi connectivity index (χ0) is 15.1. The molecule has 6 nitrogen and oxygen atoms in total. The normalized spacial score (nSPS) is 10.1. The summed E-state index contributed by atoms with van der Waals surface area (Å²) >= 11 is 0. The van der Waals surface area contributed by atoms with E-state index in [1.54, 1.807) is 12.1 Å². The number of carboxylic acids is 1. The van der Waals surface area contributed by atoms with Crippen molar-refractivity contribution in [3.05, 3.63) is 23.8 Å². The van der Waals surface area contributed by atoms with Crippen LogP contribution in [-0.4, -0.2) is 35.3 Å². The van der Waals surface area contributed by atoms with Gasteiger partial charge in [0.05, 0.1) is 5.69 Å². The van der Waals surface area contributed by atoms with Gasteiger partial charge >= 0.3 is 12.0 Å². The minimum absolute atomic E-state index is 0.0254. The number of phenols is 1. The van der Waals surface area contributed by atoms with Gasteiger partial charge in [0.25, 0.3) is 0 Å². The van der Waals surface area contributed by atoms with Crippen LogP contribution in [0.15, 0.2) is 18.2 Å². The first-order chi connectivity index (χ1) is 9.45. The number of benzene rings is 1. The first-order valence-corrected chi connectivity index (χ1v) is 6.52. The van der Waals surface area contributed by atoms with Gasteiger partial charge in [-0.2, -0.15) is 0 Å². The maximum Gasteiger partial charge on any atom is 0.321 e. The van der Waals surface area contributed by atoms with Gasteiger partial charge in [-0.3, -0.25) is 9.69 Å². The maximum atomic E-state index is 12.1. The van der Waals surface area contributed by atoms with Gasteiger partial charge in [-0.15, -0.1) is 0 Å². The van der Waals surface area contributed by atoms with Crippen molar-refractivity contribution in [2.45, 2.75) is 26.7 Å². The predicted molar refractivity (Wildman–Crippen MR) is 76.1 cm³/mol. The van der Waals surface area contributed by atoms with Gasteiger partial charge in [0.2, 0.25) is 0 Å². The van der Waals surface area contributed by atoms with Crippen LogP contribution in [0, 0.1) is 6.92 Å². The van der Waals surface area contributed by atoms with Gasteiger partial charge in [-0.25, -0.2) is 4.79 Å². The number of aromatic hydroxyl groups is 1. The molecule has 0 saturated carbocycles. The standard InChI is InChI=1S/C14H20N2O4/c1-3-16(12-9-11(17)7-6-10(12)2)14(20)15-8-4-5-13(18)19/h6-7,9,17H,3-5,8H2,1-2H3,(H,15,20)(H,18,19). The van der Waals surface area contributed by atoms with Crippen LogP contribution < -0.4 is 10.2 Å². The van der Waals surface area contributed by atoms with E-state index in [-0.39, 0.29) is 18.2 Å². The average molecular weight is 280 g/mol. The Kier molecular flexibility index (Phi) is 5.83. The van der Waals surface area contributed by atoms with E-state index in [4.69, 9.17) is 5.11 Å². The average Bonchev–Trinajstić information content (AvgIpc) is 2.39. The lowest BCUT2D eigenvalue weighted by Gasteiger charge is -2.23. The lowest BCUT2D eigenvalue weighted by atomic mass is 10.1. The molecule has 0 aromatic heterocycles. The van der Waals surface area contributed by atoms with Crippen LogP contribution in [0.3, 0.4) is 0 Å². The highest BCUT2D eigenvalue weighted by Crippen LogP contribution is 2.24. The van der Waals surface area contributed by atoms with Crippen LogP contribution in [0.5, 0.6) is 5.75 Å². The van der Waals surface area contributed by atoms with Crippen molar-refractivity contribution >= 4 is 17.7 Å². The lowest BCUT2D eigenvalue weighted by Crippen LogP contribution is -2.40. The van der Waals surface area contributed by atoms with E-state index in [9.17, 15) is 14.7 Å². The van der Waals surface area contributed by atoms with Crippen molar-refractivity contribution in [3.63, 3.8) is 0 Å². The van der Waals surface area contributed by atoms with Gasteiger partial charge in [0, 0.05) is 25.6 Å². The summed E-state index contributed by atoms with van der Waals surface area (Å²) in [5, 5.41) is 20.7. The summed E-state index contributed by atoms with van der Waals surface area (Å²) in [6, 6.07) is 4.55. The number of anilines is 1. The van der Waals surface area contributed by atoms with E-state index < -0.39 is 5.97 Å². The monoisotopic (exact) mass is 280 g/mol. The molecule has 110 valence electrons. The molecule has 0 heterocycles. The van der Waals surface area contributed by atoms with Crippen LogP contribution in [0.4, 0.5) is 10.5 Å². The molecule has 0 spiro atoms. The van der Waals surface area contributed by atoms with Gasteiger partial charge in [-0.05, 0) is 31.9 Å². The maximum absolute atomic E-state index is 12.1. The minimum Gasteiger partial charge on any atom is -0.508 e. The van der Waals surface area contributed by atoms with Crippen molar-refractivity contribution in [3.8, 4) is 5.75 Å². The number of rotatable bonds is 6. The molecule has 0 aliphatic heterocycles. The van der Waals surface area contributed by atoms with E-state index >= 15 is 0 Å². The Hall–Kier alpha value is -2.24. The molecule has 3 N–H and O–H groups in total. The molecule has 1 rings (SSSR count). The number of aliphatic carboxylic acids is 1. The summed E-state index contributed by atoms with van der Waals surface area (Å²) in [7, 11) is 0. The number of aryl methyl sites for hydroxylation is 1. The summed E-state index contributed by atoms with van der Waals surface area (Å²) in [4.78, 5) is 24.0. The summed E-state index contributed by atoms with van der Waals surface area (Å²) in [6.45, 7) is 4.45. The zero-order valence-corrected chi connectivity index (χ0v) is 11.7. The van der Waals surface area contributed by atoms with Crippen LogP contribution in [0.1, 0.15) is 25.3 Å². The van der Waals surface area contributed by atoms with E-state index in [0.717, 1.165) is 5.56 Å². The fourth-order valence-electron chi connectivity index (χ4n) is 1.84. The first kappa shape index (κ1) is 15.8. The molecule has 20 heavy (non-hydrogen) atoms. The van der Waals surface area contributed by atoms with E-state index in [0.29, 0.717) is 25.2 Å². The number of nitrogens with one attached hydrogen (secondary N) is 1. The lowest BCUT2D eigenvalue weighted by molar-refractivity contribution is -0.137. The molecule has 0 aliphatic carbocycles. The molecule has 0 saturated heterocycles. The number of phenolic OH excluding ortho intramolecular Hbond substituents is 1. The second-order valence-corrected chi connectivity index (χ2v) is 4.44. The second-order valence-electron chi connectivity index (χ2n) is 4.44. The van der Waals surface area contributed by atoms with Crippen molar-refractivity contribution in [2.24, 2.45) is 0 Å². The number of nitrogens with zero attached hydrogens (tertiary/aromatic N) is 1. The molecule has 0 radical (unpaired) electrons. The fourth-order valence-corrected chi connectivity index (χ4v) is 1.84. The van der Waals surface area contributed by atoms with Crippen molar-refractivity contribution in [2.75, 3.05) is 18.0 Å². The number of hydrogen-bond donors (Lipinski definition) is 3. The SMILES string of the molecule is CCN(C(=O)NCCCC(=O)O)c1cc(O)ccc1C. The fraction of sp³-hybridized carbons (Fsp3) is 0.429. The first-order valence-electron chi connectivity index (χ1n) is 6.52. The molecular formula is C14H20N2O4. The van der Waals surface area contributed by atoms with Crippen molar-refractivity contribution in [1.29, 1.82) is 0 Å². The van der Waals surface area contributed by atoms with Gasteiger partial charge < -0.3 is 15.5 Å². The Labute approximate surface area is 118 Å². The van der Waals surface area contributed by atoms with E-state index in [2.05, 4.69) is 5.32 Å². The molecule has 1 aromatic rings. The molecule has 0 fully saturated rings. The van der Waals surface area contributed by atoms with Crippen LogP contribution >= 0.6 is 0 Å². The summed E-state index contributed by atoms with van der Waals surface area (Å²) in [5.41, 5.74) is 1.52. The third-order valence-corrected chi connectivity index (χ3v) is 2.89. The van der Waals surface area contributed by atoms with Crippen molar-refractivity contribution < 1.29 is 19.8 Å². The van der Waals surface area contributed by atoms with Crippen molar-refractivity contribution in [1.82, 2.24) is 5.32 Å². The number of carboxylic acid groups (broad SMARTS) is 1. The van der Waals surface area contributed by atoms with Gasteiger partial charge in [0.1, 0.15) is 5.75 Å². The smallest absolute Gasteiger partial charge is 0.321 e. The minimum atomic E-state index is -0.879. The Balaban J connectivity index is 2.67. The largest absolute Gasteiger partial charge is 0.508 e. The molecule has 0 atom stereocenters. The second kappa shape index (κ2) is 7.37. The molecule has 0 aliphatic rings. The molecule has 0 unspecified atom stereocenters. The Bertz CT molecular complexity index is 488. The topological polar surface area (TPSA) is 89.9 Å². The number of hydrogen-bond acceptors (Lipinski definition) is 3. The van der Waals surface area contributed by atoms with Gasteiger partial charge in [0.15, 0.2) is 0 Å².